The van der Waals surface area contributed by atoms with E-state index >= 15 is 0 Å². The third kappa shape index (κ3) is 1.67. The number of ether oxygens (including phenoxy) is 1. The molecule has 1 fully saturated rings. The van der Waals surface area contributed by atoms with Gasteiger partial charge in [0.25, 0.3) is 0 Å². The van der Waals surface area contributed by atoms with Crippen LogP contribution in [0, 0.1) is 0 Å². The van der Waals surface area contributed by atoms with Gasteiger partial charge in [-0.15, -0.1) is 0 Å². The SMILES string of the molecule is C[C@@]1(F)[C@H](O)C(CO)O[C@H]1c1cnc2c(N)ncnn12. The van der Waals surface area contributed by atoms with Crippen molar-refractivity contribution in [3.8, 4) is 0 Å². The number of alkyl halides is 1. The van der Waals surface area contributed by atoms with E-state index in [1.165, 1.54) is 24.0 Å². The molecule has 108 valence electrons. The number of nitrogen functional groups attached to an aromatic ring is 1. The Morgan fingerprint density at radius 3 is 2.95 bits per heavy atom. The Kier molecular flexibility index (Phi) is 2.85. The molecule has 0 bridgehead atoms. The van der Waals surface area contributed by atoms with Gasteiger partial charge in [0.2, 0.25) is 0 Å². The summed E-state index contributed by atoms with van der Waals surface area (Å²) in [6, 6.07) is 0. The van der Waals surface area contributed by atoms with Gasteiger partial charge >= 0.3 is 0 Å². The van der Waals surface area contributed by atoms with Gasteiger partial charge in [-0.05, 0) is 6.92 Å². The number of rotatable bonds is 2. The molecule has 1 aliphatic heterocycles. The van der Waals surface area contributed by atoms with Gasteiger partial charge in [-0.25, -0.2) is 18.9 Å². The van der Waals surface area contributed by atoms with E-state index in [2.05, 4.69) is 15.1 Å². The molecule has 0 saturated carbocycles. The monoisotopic (exact) mass is 283 g/mol. The summed E-state index contributed by atoms with van der Waals surface area (Å²) in [5.41, 5.74) is 4.16. The minimum absolute atomic E-state index is 0.157. The molecule has 1 saturated heterocycles. The smallest absolute Gasteiger partial charge is 0.196 e. The van der Waals surface area contributed by atoms with Crippen LogP contribution in [-0.4, -0.2) is 54.3 Å². The van der Waals surface area contributed by atoms with Crippen LogP contribution >= 0.6 is 0 Å². The molecular formula is C11H14FN5O3. The quantitative estimate of drug-likeness (QED) is 0.662. The standard InChI is InChI=1S/C11H14FN5O3/c1-11(12)7(19)6(3-18)20-8(11)5-2-14-10-9(13)15-4-16-17(5)10/h2,4,6-8,18-19H,3H2,1H3,(H2,13,15,16)/t6?,7-,8+,11-/m1/s1. The van der Waals surface area contributed by atoms with E-state index in [1.807, 2.05) is 0 Å². The second-order valence-electron chi connectivity index (χ2n) is 4.90. The maximum atomic E-state index is 14.7. The zero-order chi connectivity index (χ0) is 14.5. The van der Waals surface area contributed by atoms with Crippen molar-refractivity contribution in [1.29, 1.82) is 0 Å². The van der Waals surface area contributed by atoms with Gasteiger partial charge in [0.15, 0.2) is 17.1 Å². The molecule has 2 aromatic rings. The largest absolute Gasteiger partial charge is 0.394 e. The van der Waals surface area contributed by atoms with Crippen molar-refractivity contribution in [2.45, 2.75) is 30.9 Å². The van der Waals surface area contributed by atoms with E-state index in [1.54, 1.807) is 0 Å². The molecule has 0 aromatic carbocycles. The van der Waals surface area contributed by atoms with E-state index < -0.39 is 30.6 Å². The van der Waals surface area contributed by atoms with Crippen molar-refractivity contribution in [1.82, 2.24) is 19.6 Å². The van der Waals surface area contributed by atoms with E-state index in [-0.39, 0.29) is 11.5 Å². The molecule has 3 heterocycles. The van der Waals surface area contributed by atoms with Crippen LogP contribution in [0.25, 0.3) is 5.65 Å². The first-order valence-corrected chi connectivity index (χ1v) is 6.04. The fraction of sp³-hybridized carbons (Fsp3) is 0.545. The van der Waals surface area contributed by atoms with Gasteiger partial charge < -0.3 is 20.7 Å². The van der Waals surface area contributed by atoms with Crippen molar-refractivity contribution in [2.24, 2.45) is 0 Å². The minimum Gasteiger partial charge on any atom is -0.394 e. The Balaban J connectivity index is 2.10. The summed E-state index contributed by atoms with van der Waals surface area (Å²) in [6.45, 7) is 0.729. The Morgan fingerprint density at radius 2 is 2.30 bits per heavy atom. The van der Waals surface area contributed by atoms with Crippen molar-refractivity contribution in [2.75, 3.05) is 12.3 Å². The zero-order valence-corrected chi connectivity index (χ0v) is 10.6. The van der Waals surface area contributed by atoms with Gasteiger partial charge in [-0.2, -0.15) is 5.10 Å². The van der Waals surface area contributed by atoms with Crippen molar-refractivity contribution in [3.63, 3.8) is 0 Å². The van der Waals surface area contributed by atoms with E-state index in [9.17, 15) is 9.50 Å². The van der Waals surface area contributed by atoms with Gasteiger partial charge in [0.05, 0.1) is 18.5 Å². The van der Waals surface area contributed by atoms with Gasteiger partial charge in [0.1, 0.15) is 24.6 Å². The summed E-state index contributed by atoms with van der Waals surface area (Å²) in [5.74, 6) is 0.157. The molecule has 1 aliphatic rings. The van der Waals surface area contributed by atoms with Crippen LogP contribution in [-0.2, 0) is 4.74 Å². The van der Waals surface area contributed by atoms with Crippen LogP contribution in [0.1, 0.15) is 18.7 Å². The topological polar surface area (TPSA) is 119 Å². The number of halogens is 1. The average Bonchev–Trinajstić information content (AvgIpc) is 2.92. The van der Waals surface area contributed by atoms with Crippen LogP contribution in [0.4, 0.5) is 10.2 Å². The molecule has 2 aromatic heterocycles. The molecule has 4 atom stereocenters. The number of hydrogen-bond acceptors (Lipinski definition) is 7. The molecule has 0 amide bonds. The molecule has 0 aliphatic carbocycles. The molecule has 1 unspecified atom stereocenters. The summed E-state index contributed by atoms with van der Waals surface area (Å²) < 4.78 is 21.4. The molecule has 9 heteroatoms. The fourth-order valence-corrected chi connectivity index (χ4v) is 2.43. The van der Waals surface area contributed by atoms with E-state index in [4.69, 9.17) is 15.6 Å². The Labute approximate surface area is 113 Å². The molecule has 0 radical (unpaired) electrons. The molecule has 8 nitrogen and oxygen atoms in total. The Hall–Kier alpha value is -1.84. The highest BCUT2D eigenvalue weighted by Crippen LogP contribution is 2.44. The number of aliphatic hydroxyl groups excluding tert-OH is 2. The number of aromatic nitrogens is 4. The van der Waals surface area contributed by atoms with E-state index in [0.717, 1.165) is 0 Å². The normalized spacial score (nSPS) is 33.9. The van der Waals surface area contributed by atoms with Crippen molar-refractivity contribution in [3.05, 3.63) is 18.2 Å². The molecular weight excluding hydrogens is 269 g/mol. The number of aliphatic hydroxyl groups is 2. The predicted octanol–water partition coefficient (Wildman–Crippen LogP) is -0.772. The van der Waals surface area contributed by atoms with Crippen molar-refractivity contribution >= 4 is 11.5 Å². The third-order valence-electron chi connectivity index (χ3n) is 3.56. The number of anilines is 1. The lowest BCUT2D eigenvalue weighted by Gasteiger charge is -2.22. The number of nitrogens with two attached hydrogens (primary N) is 1. The van der Waals surface area contributed by atoms with Gasteiger partial charge in [-0.1, -0.05) is 0 Å². The maximum Gasteiger partial charge on any atom is 0.196 e. The Morgan fingerprint density at radius 1 is 1.55 bits per heavy atom. The molecule has 20 heavy (non-hydrogen) atoms. The highest BCUT2D eigenvalue weighted by Gasteiger charge is 2.55. The summed E-state index contributed by atoms with van der Waals surface area (Å²) in [5, 5.41) is 22.9. The summed E-state index contributed by atoms with van der Waals surface area (Å²) in [6.07, 6.45) is -0.964. The number of hydrogen-bond donors (Lipinski definition) is 3. The molecule has 3 rings (SSSR count). The second kappa shape index (κ2) is 4.33. The lowest BCUT2D eigenvalue weighted by Crippen LogP contribution is -2.39. The van der Waals surface area contributed by atoms with Crippen LogP contribution in [0.5, 0.6) is 0 Å². The summed E-state index contributed by atoms with van der Waals surface area (Å²) >= 11 is 0. The fourth-order valence-electron chi connectivity index (χ4n) is 2.43. The molecule has 4 N–H and O–H groups in total. The minimum atomic E-state index is -2.08. The number of fused-ring (bicyclic) bond motifs is 1. The lowest BCUT2D eigenvalue weighted by molar-refractivity contribution is -0.0248. The van der Waals surface area contributed by atoms with Crippen LogP contribution < -0.4 is 5.73 Å². The predicted molar refractivity (Wildman–Crippen MR) is 65.4 cm³/mol. The number of nitrogens with zero attached hydrogens (tertiary/aromatic N) is 4. The second-order valence-corrected chi connectivity index (χ2v) is 4.90. The van der Waals surface area contributed by atoms with E-state index in [0.29, 0.717) is 5.69 Å². The maximum absolute atomic E-state index is 14.7. The van der Waals surface area contributed by atoms with Crippen LogP contribution in [0.2, 0.25) is 0 Å². The first kappa shape index (κ1) is 13.2. The first-order valence-electron chi connectivity index (χ1n) is 6.04. The zero-order valence-electron chi connectivity index (χ0n) is 10.6. The average molecular weight is 283 g/mol. The third-order valence-corrected chi connectivity index (χ3v) is 3.56. The van der Waals surface area contributed by atoms with Crippen molar-refractivity contribution < 1.29 is 19.3 Å². The molecule has 0 spiro atoms. The highest BCUT2D eigenvalue weighted by atomic mass is 19.1. The first-order chi connectivity index (χ1) is 9.46. The van der Waals surface area contributed by atoms with Crippen LogP contribution in [0.3, 0.4) is 0 Å². The van der Waals surface area contributed by atoms with Crippen LogP contribution in [0.15, 0.2) is 12.5 Å². The number of imidazole rings is 1. The lowest BCUT2D eigenvalue weighted by atomic mass is 9.93. The highest BCUT2D eigenvalue weighted by molar-refractivity contribution is 5.58. The summed E-state index contributed by atoms with van der Waals surface area (Å²) in [4.78, 5) is 7.82. The van der Waals surface area contributed by atoms with Gasteiger partial charge in [0, 0.05) is 0 Å². The van der Waals surface area contributed by atoms with Gasteiger partial charge in [-0.3, -0.25) is 0 Å². The Bertz CT molecular complexity index is 646. The summed E-state index contributed by atoms with van der Waals surface area (Å²) in [7, 11) is 0.